The molecule has 5 nitrogen and oxygen atoms in total. The number of nitrogens with zero attached hydrogens (tertiary/aromatic N) is 4. The molecule has 3 heterocycles. The van der Waals surface area contributed by atoms with Crippen molar-refractivity contribution in [2.45, 2.75) is 12.8 Å². The Morgan fingerprint density at radius 2 is 2.32 bits per heavy atom. The molecular formula is C12H12BrN5S. The fourth-order valence-electron chi connectivity index (χ4n) is 1.83. The van der Waals surface area contributed by atoms with E-state index in [0.29, 0.717) is 5.92 Å². The van der Waals surface area contributed by atoms with Crippen LogP contribution in [0, 0.1) is 0 Å². The Bertz CT molecular complexity index is 679. The standard InChI is InChI=1S/C12H12BrN5S/c1-8(12-15-3-5-19-12)6-16-10-11-14-2-4-18(11)7-9(13)17-10/h2-5,7-8H,6H2,1H3,(H,16,17). The van der Waals surface area contributed by atoms with E-state index in [1.165, 1.54) is 0 Å². The van der Waals surface area contributed by atoms with Crippen LogP contribution in [0.15, 0.2) is 34.8 Å². The Balaban J connectivity index is 1.80. The van der Waals surface area contributed by atoms with Crippen LogP contribution >= 0.6 is 27.3 Å². The third kappa shape index (κ3) is 2.62. The van der Waals surface area contributed by atoms with Gasteiger partial charge in [0.25, 0.3) is 0 Å². The molecule has 0 saturated heterocycles. The minimum absolute atomic E-state index is 0.343. The topological polar surface area (TPSA) is 55.1 Å². The largest absolute Gasteiger partial charge is 0.366 e. The Morgan fingerprint density at radius 3 is 3.11 bits per heavy atom. The predicted octanol–water partition coefficient (Wildman–Crippen LogP) is 3.16. The molecule has 0 radical (unpaired) electrons. The van der Waals surface area contributed by atoms with Crippen molar-refractivity contribution in [1.29, 1.82) is 0 Å². The van der Waals surface area contributed by atoms with Crippen molar-refractivity contribution in [2.24, 2.45) is 0 Å². The first-order chi connectivity index (χ1) is 9.24. The molecule has 0 aromatic carbocycles. The van der Waals surface area contributed by atoms with Crippen LogP contribution < -0.4 is 5.32 Å². The first-order valence-corrected chi connectivity index (χ1v) is 7.54. The highest BCUT2D eigenvalue weighted by molar-refractivity contribution is 9.10. The molecule has 0 aliphatic heterocycles. The normalized spacial score (nSPS) is 12.7. The van der Waals surface area contributed by atoms with Gasteiger partial charge < -0.3 is 9.72 Å². The average Bonchev–Trinajstić information content (AvgIpc) is 3.05. The maximum absolute atomic E-state index is 4.43. The Morgan fingerprint density at radius 1 is 1.42 bits per heavy atom. The van der Waals surface area contributed by atoms with E-state index in [2.05, 4.69) is 43.1 Å². The summed E-state index contributed by atoms with van der Waals surface area (Å²) in [5, 5.41) is 6.47. The summed E-state index contributed by atoms with van der Waals surface area (Å²) >= 11 is 5.08. The molecule has 0 aliphatic carbocycles. The highest BCUT2D eigenvalue weighted by Gasteiger charge is 2.11. The third-order valence-electron chi connectivity index (χ3n) is 2.79. The van der Waals surface area contributed by atoms with Gasteiger partial charge in [-0.05, 0) is 15.9 Å². The Hall–Kier alpha value is -1.47. The molecule has 3 aromatic heterocycles. The molecule has 98 valence electrons. The fourth-order valence-corrected chi connectivity index (χ4v) is 2.93. The van der Waals surface area contributed by atoms with Gasteiger partial charge in [-0.25, -0.2) is 15.0 Å². The van der Waals surface area contributed by atoms with Crippen molar-refractivity contribution < 1.29 is 0 Å². The van der Waals surface area contributed by atoms with Crippen LogP contribution in [0.4, 0.5) is 5.82 Å². The van der Waals surface area contributed by atoms with Gasteiger partial charge in [-0.2, -0.15) is 0 Å². The van der Waals surface area contributed by atoms with Gasteiger partial charge in [0.15, 0.2) is 11.5 Å². The second kappa shape index (κ2) is 5.26. The minimum Gasteiger partial charge on any atom is -0.366 e. The number of fused-ring (bicyclic) bond motifs is 1. The number of aromatic nitrogens is 4. The van der Waals surface area contributed by atoms with E-state index in [4.69, 9.17) is 0 Å². The molecule has 0 spiro atoms. The summed E-state index contributed by atoms with van der Waals surface area (Å²) in [6.07, 6.45) is 7.38. The molecule has 1 N–H and O–H groups in total. The maximum atomic E-state index is 4.43. The second-order valence-corrected chi connectivity index (χ2v) is 5.96. The van der Waals surface area contributed by atoms with Crippen LogP contribution in [0.2, 0.25) is 0 Å². The van der Waals surface area contributed by atoms with Crippen molar-refractivity contribution in [1.82, 2.24) is 19.4 Å². The van der Waals surface area contributed by atoms with Gasteiger partial charge in [-0.3, -0.25) is 0 Å². The maximum Gasteiger partial charge on any atom is 0.180 e. The summed E-state index contributed by atoms with van der Waals surface area (Å²) < 4.78 is 2.72. The average molecular weight is 338 g/mol. The zero-order chi connectivity index (χ0) is 13.2. The zero-order valence-electron chi connectivity index (χ0n) is 10.2. The molecule has 0 aliphatic rings. The van der Waals surface area contributed by atoms with E-state index in [-0.39, 0.29) is 0 Å². The smallest absolute Gasteiger partial charge is 0.180 e. The van der Waals surface area contributed by atoms with Crippen molar-refractivity contribution in [3.8, 4) is 0 Å². The summed E-state index contributed by atoms with van der Waals surface area (Å²) in [7, 11) is 0. The number of hydrogen-bond acceptors (Lipinski definition) is 5. The minimum atomic E-state index is 0.343. The van der Waals surface area contributed by atoms with Crippen LogP contribution in [0.25, 0.3) is 5.65 Å². The Kier molecular flexibility index (Phi) is 3.48. The number of halogens is 1. The van der Waals surface area contributed by atoms with Crippen molar-refractivity contribution in [3.63, 3.8) is 0 Å². The summed E-state index contributed by atoms with van der Waals surface area (Å²) in [6.45, 7) is 2.92. The van der Waals surface area contributed by atoms with E-state index in [1.54, 1.807) is 17.5 Å². The highest BCUT2D eigenvalue weighted by atomic mass is 79.9. The molecule has 1 unspecified atom stereocenters. The lowest BCUT2D eigenvalue weighted by atomic mass is 10.2. The molecule has 3 aromatic rings. The lowest BCUT2D eigenvalue weighted by Gasteiger charge is -2.11. The van der Waals surface area contributed by atoms with E-state index >= 15 is 0 Å². The number of nitrogens with one attached hydrogen (secondary N) is 1. The predicted molar refractivity (Wildman–Crippen MR) is 79.7 cm³/mol. The fraction of sp³-hybridized carbons (Fsp3) is 0.250. The number of imidazole rings is 1. The molecule has 0 saturated carbocycles. The molecule has 1 atom stereocenters. The van der Waals surface area contributed by atoms with E-state index in [9.17, 15) is 0 Å². The molecule has 7 heteroatoms. The van der Waals surface area contributed by atoms with Crippen LogP contribution in [0.3, 0.4) is 0 Å². The van der Waals surface area contributed by atoms with Gasteiger partial charge in [0.1, 0.15) is 4.60 Å². The summed E-state index contributed by atoms with van der Waals surface area (Å²) in [6, 6.07) is 0. The third-order valence-corrected chi connectivity index (χ3v) is 4.18. The van der Waals surface area contributed by atoms with Gasteiger partial charge in [-0.1, -0.05) is 6.92 Å². The molecule has 19 heavy (non-hydrogen) atoms. The van der Waals surface area contributed by atoms with Crippen LogP contribution in [-0.4, -0.2) is 25.9 Å². The molecular weight excluding hydrogens is 326 g/mol. The SMILES string of the molecule is CC(CNc1nc(Br)cn2ccnc12)c1nccs1. The van der Waals surface area contributed by atoms with Crippen molar-refractivity contribution in [3.05, 3.63) is 39.8 Å². The van der Waals surface area contributed by atoms with E-state index in [1.807, 2.05) is 28.4 Å². The number of thiazole rings is 1. The number of rotatable bonds is 4. The van der Waals surface area contributed by atoms with Gasteiger partial charge >= 0.3 is 0 Å². The molecule has 0 amide bonds. The van der Waals surface area contributed by atoms with Gasteiger partial charge in [-0.15, -0.1) is 11.3 Å². The summed E-state index contributed by atoms with van der Waals surface area (Å²) in [5.41, 5.74) is 0.828. The first kappa shape index (κ1) is 12.6. The van der Waals surface area contributed by atoms with Gasteiger partial charge in [0, 0.05) is 42.6 Å². The van der Waals surface area contributed by atoms with E-state index in [0.717, 1.165) is 27.6 Å². The van der Waals surface area contributed by atoms with Crippen molar-refractivity contribution >= 4 is 38.7 Å². The monoisotopic (exact) mass is 337 g/mol. The zero-order valence-corrected chi connectivity index (χ0v) is 12.6. The highest BCUT2D eigenvalue weighted by Crippen LogP contribution is 2.20. The van der Waals surface area contributed by atoms with Gasteiger partial charge in [0.05, 0.1) is 5.01 Å². The van der Waals surface area contributed by atoms with Crippen LogP contribution in [0.1, 0.15) is 17.8 Å². The lowest BCUT2D eigenvalue weighted by molar-refractivity contribution is 0.791. The van der Waals surface area contributed by atoms with Crippen molar-refractivity contribution in [2.75, 3.05) is 11.9 Å². The number of anilines is 1. The lowest BCUT2D eigenvalue weighted by Crippen LogP contribution is -2.11. The molecule has 0 fully saturated rings. The number of hydrogen-bond donors (Lipinski definition) is 1. The molecule has 0 bridgehead atoms. The second-order valence-electron chi connectivity index (χ2n) is 4.22. The Labute approximate surface area is 122 Å². The van der Waals surface area contributed by atoms with Gasteiger partial charge in [0.2, 0.25) is 0 Å². The quantitative estimate of drug-likeness (QED) is 0.794. The summed E-state index contributed by atoms with van der Waals surface area (Å²) in [4.78, 5) is 13.1. The van der Waals surface area contributed by atoms with Crippen LogP contribution in [0.5, 0.6) is 0 Å². The molecule has 3 rings (SSSR count). The first-order valence-electron chi connectivity index (χ1n) is 5.86. The van der Waals surface area contributed by atoms with E-state index < -0.39 is 0 Å². The van der Waals surface area contributed by atoms with Crippen LogP contribution in [-0.2, 0) is 0 Å². The summed E-state index contributed by atoms with van der Waals surface area (Å²) in [5.74, 6) is 1.12.